The number of aryl methyl sites for hydroxylation is 2. The molecular weight excluding hydrogens is 424 g/mol. The number of para-hydroxylation sites is 1. The summed E-state index contributed by atoms with van der Waals surface area (Å²) in [5.41, 5.74) is 4.38. The molecular formula is C25H22N2O4S. The van der Waals surface area contributed by atoms with Gasteiger partial charge < -0.3 is 15.4 Å². The van der Waals surface area contributed by atoms with Crippen molar-refractivity contribution in [3.63, 3.8) is 0 Å². The van der Waals surface area contributed by atoms with Crippen LogP contribution in [0.5, 0.6) is 0 Å². The van der Waals surface area contributed by atoms with Crippen LogP contribution in [0.1, 0.15) is 44.0 Å². The molecule has 0 saturated heterocycles. The van der Waals surface area contributed by atoms with Crippen LogP contribution in [-0.4, -0.2) is 30.4 Å². The van der Waals surface area contributed by atoms with Crippen molar-refractivity contribution >= 4 is 34.8 Å². The molecule has 0 atom stereocenters. The minimum atomic E-state index is -0.517. The number of carbonyl (C=O) groups excluding carboxylic acids is 3. The summed E-state index contributed by atoms with van der Waals surface area (Å²) in [4.78, 5) is 38.9. The first-order valence-electron chi connectivity index (χ1n) is 10.7. The van der Waals surface area contributed by atoms with Crippen molar-refractivity contribution in [2.24, 2.45) is 0 Å². The van der Waals surface area contributed by atoms with Crippen LogP contribution in [0.2, 0.25) is 0 Å². The summed E-state index contributed by atoms with van der Waals surface area (Å²) in [6.45, 7) is -0.420. The first kappa shape index (κ1) is 20.5. The maximum Gasteiger partial charge on any atom is 0.348 e. The third-order valence-electron chi connectivity index (χ3n) is 5.63. The zero-order valence-electron chi connectivity index (χ0n) is 17.4. The van der Waals surface area contributed by atoms with Crippen LogP contribution in [0.15, 0.2) is 54.6 Å². The molecule has 1 saturated carbocycles. The molecule has 162 valence electrons. The standard InChI is InChI=1S/C25H22N2O4S/c28-22(27-20-8-4-3-7-19(20)24(29)26-17-11-12-17)14-31-25(30)21-13-16-10-9-15-5-1-2-6-18(15)23(16)32-21/h1-8,13,17H,9-12,14H2,(H,26,29)(H,27,28). The largest absolute Gasteiger partial charge is 0.451 e. The Balaban J connectivity index is 1.22. The maximum atomic E-state index is 12.6. The number of hydrogen-bond acceptors (Lipinski definition) is 5. The number of benzene rings is 2. The molecule has 0 bridgehead atoms. The predicted octanol–water partition coefficient (Wildman–Crippen LogP) is 4.20. The Kier molecular flexibility index (Phi) is 5.49. The van der Waals surface area contributed by atoms with E-state index in [9.17, 15) is 14.4 Å². The molecule has 1 fully saturated rings. The van der Waals surface area contributed by atoms with Crippen molar-refractivity contribution in [2.75, 3.05) is 11.9 Å². The van der Waals surface area contributed by atoms with E-state index in [2.05, 4.69) is 22.8 Å². The summed E-state index contributed by atoms with van der Waals surface area (Å²) < 4.78 is 5.26. The van der Waals surface area contributed by atoms with Crippen LogP contribution in [0, 0.1) is 0 Å². The predicted molar refractivity (Wildman–Crippen MR) is 123 cm³/mol. The van der Waals surface area contributed by atoms with E-state index in [0.717, 1.165) is 41.7 Å². The molecule has 6 nitrogen and oxygen atoms in total. The van der Waals surface area contributed by atoms with Crippen LogP contribution < -0.4 is 10.6 Å². The van der Waals surface area contributed by atoms with Crippen molar-refractivity contribution in [2.45, 2.75) is 31.7 Å². The molecule has 1 aromatic heterocycles. The highest BCUT2D eigenvalue weighted by Crippen LogP contribution is 2.39. The number of carbonyl (C=O) groups is 3. The highest BCUT2D eigenvalue weighted by molar-refractivity contribution is 7.17. The number of amides is 2. The summed E-state index contributed by atoms with van der Waals surface area (Å²) in [6.07, 6.45) is 3.79. The topological polar surface area (TPSA) is 84.5 Å². The molecule has 2 aliphatic carbocycles. The van der Waals surface area contributed by atoms with E-state index in [0.29, 0.717) is 16.1 Å². The van der Waals surface area contributed by atoms with E-state index in [4.69, 9.17) is 4.74 Å². The van der Waals surface area contributed by atoms with Gasteiger partial charge in [0.05, 0.1) is 11.3 Å². The maximum absolute atomic E-state index is 12.6. The lowest BCUT2D eigenvalue weighted by Gasteiger charge is -2.15. The molecule has 0 spiro atoms. The minimum absolute atomic E-state index is 0.218. The SMILES string of the molecule is O=C(COC(=O)c1cc2c(s1)-c1ccccc1CC2)Nc1ccccc1C(=O)NC1CC1. The van der Waals surface area contributed by atoms with E-state index >= 15 is 0 Å². The fourth-order valence-corrected chi connectivity index (χ4v) is 5.01. The Labute approximate surface area is 189 Å². The summed E-state index contributed by atoms with van der Waals surface area (Å²) >= 11 is 1.40. The average Bonchev–Trinajstić information content (AvgIpc) is 3.51. The second kappa shape index (κ2) is 8.59. The van der Waals surface area contributed by atoms with Crippen LogP contribution in [0.3, 0.4) is 0 Å². The third kappa shape index (κ3) is 4.29. The van der Waals surface area contributed by atoms with Crippen molar-refractivity contribution in [3.8, 4) is 10.4 Å². The number of rotatable bonds is 6. The molecule has 5 rings (SSSR count). The molecule has 0 unspecified atom stereocenters. The second-order valence-electron chi connectivity index (χ2n) is 8.04. The molecule has 2 aliphatic rings. The lowest BCUT2D eigenvalue weighted by atomic mass is 9.91. The Morgan fingerprint density at radius 2 is 1.72 bits per heavy atom. The van der Waals surface area contributed by atoms with Gasteiger partial charge in [-0.1, -0.05) is 36.4 Å². The normalized spacial score (nSPS) is 14.1. The van der Waals surface area contributed by atoms with Gasteiger partial charge in [-0.2, -0.15) is 0 Å². The van der Waals surface area contributed by atoms with Crippen LogP contribution >= 0.6 is 11.3 Å². The van der Waals surface area contributed by atoms with E-state index in [1.54, 1.807) is 24.3 Å². The van der Waals surface area contributed by atoms with Crippen molar-refractivity contribution in [1.82, 2.24) is 5.32 Å². The van der Waals surface area contributed by atoms with Crippen molar-refractivity contribution in [3.05, 3.63) is 76.2 Å². The van der Waals surface area contributed by atoms with E-state index in [1.165, 1.54) is 16.9 Å². The van der Waals surface area contributed by atoms with E-state index in [-0.39, 0.29) is 11.9 Å². The Bertz CT molecular complexity index is 1210. The molecule has 32 heavy (non-hydrogen) atoms. The number of anilines is 1. The summed E-state index contributed by atoms with van der Waals surface area (Å²) in [7, 11) is 0. The average molecular weight is 447 g/mol. The van der Waals surface area contributed by atoms with Gasteiger partial charge in [-0.15, -0.1) is 11.3 Å². The molecule has 2 N–H and O–H groups in total. The van der Waals surface area contributed by atoms with Crippen LogP contribution in [0.25, 0.3) is 10.4 Å². The zero-order chi connectivity index (χ0) is 22.1. The number of fused-ring (bicyclic) bond motifs is 3. The number of ether oxygens (including phenoxy) is 1. The molecule has 0 radical (unpaired) electrons. The van der Waals surface area contributed by atoms with E-state index < -0.39 is 18.5 Å². The molecule has 2 amide bonds. The fourth-order valence-electron chi connectivity index (χ4n) is 3.84. The van der Waals surface area contributed by atoms with Gasteiger partial charge in [0.25, 0.3) is 11.8 Å². The number of esters is 1. The van der Waals surface area contributed by atoms with Gasteiger partial charge in [0.1, 0.15) is 4.88 Å². The number of hydrogen-bond donors (Lipinski definition) is 2. The second-order valence-corrected chi connectivity index (χ2v) is 9.09. The van der Waals surface area contributed by atoms with Gasteiger partial charge in [0.2, 0.25) is 0 Å². The van der Waals surface area contributed by atoms with Crippen LogP contribution in [0.4, 0.5) is 5.69 Å². The summed E-state index contributed by atoms with van der Waals surface area (Å²) in [5, 5.41) is 5.59. The van der Waals surface area contributed by atoms with Gasteiger partial charge in [0.15, 0.2) is 6.61 Å². The first-order valence-corrected chi connectivity index (χ1v) is 11.5. The number of nitrogens with one attached hydrogen (secondary N) is 2. The van der Waals surface area contributed by atoms with Crippen LogP contribution in [-0.2, 0) is 22.4 Å². The van der Waals surface area contributed by atoms with Gasteiger partial charge in [-0.3, -0.25) is 9.59 Å². The molecule has 2 aromatic carbocycles. The van der Waals surface area contributed by atoms with Gasteiger partial charge in [-0.25, -0.2) is 4.79 Å². The quantitative estimate of drug-likeness (QED) is 0.556. The smallest absolute Gasteiger partial charge is 0.348 e. The lowest BCUT2D eigenvalue weighted by Crippen LogP contribution is -2.27. The van der Waals surface area contributed by atoms with Gasteiger partial charge >= 0.3 is 5.97 Å². The highest BCUT2D eigenvalue weighted by atomic mass is 32.1. The number of thiophene rings is 1. The molecule has 3 aromatic rings. The molecule has 1 heterocycles. The van der Waals surface area contributed by atoms with Crippen molar-refractivity contribution in [1.29, 1.82) is 0 Å². The summed E-state index contributed by atoms with van der Waals surface area (Å²) in [5.74, 6) is -1.22. The first-order chi connectivity index (χ1) is 15.6. The lowest BCUT2D eigenvalue weighted by molar-refractivity contribution is -0.119. The minimum Gasteiger partial charge on any atom is -0.451 e. The Morgan fingerprint density at radius 1 is 0.969 bits per heavy atom. The van der Waals surface area contributed by atoms with Crippen molar-refractivity contribution < 1.29 is 19.1 Å². The van der Waals surface area contributed by atoms with Gasteiger partial charge in [-0.05, 0) is 60.6 Å². The zero-order valence-corrected chi connectivity index (χ0v) is 18.2. The fraction of sp³-hybridized carbons (Fsp3) is 0.240. The van der Waals surface area contributed by atoms with E-state index in [1.807, 2.05) is 18.2 Å². The Hall–Kier alpha value is -3.45. The third-order valence-corrected chi connectivity index (χ3v) is 6.82. The molecule has 7 heteroatoms. The Morgan fingerprint density at radius 3 is 2.56 bits per heavy atom. The van der Waals surface area contributed by atoms with Gasteiger partial charge in [0, 0.05) is 10.9 Å². The highest BCUT2D eigenvalue weighted by Gasteiger charge is 2.25. The monoisotopic (exact) mass is 446 g/mol. The summed E-state index contributed by atoms with van der Waals surface area (Å²) in [6, 6.07) is 17.1. The molecule has 0 aliphatic heterocycles.